The van der Waals surface area contributed by atoms with Crippen LogP contribution < -0.4 is 0 Å². The zero-order chi connectivity index (χ0) is 8.84. The van der Waals surface area contributed by atoms with Gasteiger partial charge in [-0.3, -0.25) is 0 Å². The highest BCUT2D eigenvalue weighted by atomic mass is 32.1. The van der Waals surface area contributed by atoms with Crippen molar-refractivity contribution in [1.29, 1.82) is 0 Å². The number of hydrogen-bond acceptors (Lipinski definition) is 2. The molecule has 2 aliphatic rings. The molecule has 1 aromatic rings. The summed E-state index contributed by atoms with van der Waals surface area (Å²) in [6.45, 7) is 2.16. The van der Waals surface area contributed by atoms with Gasteiger partial charge in [0.15, 0.2) is 0 Å². The summed E-state index contributed by atoms with van der Waals surface area (Å²) >= 11 is 1.91. The first-order valence-corrected chi connectivity index (χ1v) is 6.07. The van der Waals surface area contributed by atoms with Gasteiger partial charge < -0.3 is 0 Å². The Morgan fingerprint density at radius 2 is 2.31 bits per heavy atom. The molecule has 0 radical (unpaired) electrons. The van der Waals surface area contributed by atoms with Crippen LogP contribution in [0.5, 0.6) is 0 Å². The molecular formula is C11H15NS. The molecule has 70 valence electrons. The predicted octanol–water partition coefficient (Wildman–Crippen LogP) is 3.36. The number of nitrogens with zero attached hydrogens (tertiary/aromatic N) is 1. The van der Waals surface area contributed by atoms with Crippen LogP contribution in [0.2, 0.25) is 0 Å². The van der Waals surface area contributed by atoms with E-state index in [1.54, 1.807) is 0 Å². The Hall–Kier alpha value is -0.370. The van der Waals surface area contributed by atoms with E-state index in [9.17, 15) is 0 Å². The van der Waals surface area contributed by atoms with Crippen molar-refractivity contribution in [3.63, 3.8) is 0 Å². The minimum atomic E-state index is 0.831. The van der Waals surface area contributed by atoms with E-state index in [4.69, 9.17) is 0 Å². The molecule has 2 saturated carbocycles. The van der Waals surface area contributed by atoms with Crippen molar-refractivity contribution in [2.75, 3.05) is 0 Å². The maximum absolute atomic E-state index is 4.54. The van der Waals surface area contributed by atoms with Gasteiger partial charge in [0.25, 0.3) is 0 Å². The van der Waals surface area contributed by atoms with Crippen molar-refractivity contribution in [1.82, 2.24) is 4.98 Å². The van der Waals surface area contributed by atoms with Gasteiger partial charge in [-0.05, 0) is 38.0 Å². The van der Waals surface area contributed by atoms with Crippen LogP contribution in [0.25, 0.3) is 0 Å². The summed E-state index contributed by atoms with van der Waals surface area (Å²) in [5.74, 6) is 2.85. The van der Waals surface area contributed by atoms with E-state index in [0.717, 1.165) is 17.8 Å². The molecule has 0 aliphatic heterocycles. The SMILES string of the molecule is Cc1cnc(C2CC3CCC2C3)s1. The number of aromatic nitrogens is 1. The lowest BCUT2D eigenvalue weighted by Crippen LogP contribution is -2.07. The van der Waals surface area contributed by atoms with Crippen molar-refractivity contribution in [2.45, 2.75) is 38.5 Å². The molecule has 1 heterocycles. The lowest BCUT2D eigenvalue weighted by Gasteiger charge is -2.18. The van der Waals surface area contributed by atoms with Crippen LogP contribution in [-0.2, 0) is 0 Å². The lowest BCUT2D eigenvalue weighted by atomic mass is 9.89. The van der Waals surface area contributed by atoms with Crippen LogP contribution in [-0.4, -0.2) is 4.98 Å². The van der Waals surface area contributed by atoms with E-state index in [1.807, 2.05) is 17.5 Å². The predicted molar refractivity (Wildman–Crippen MR) is 55.0 cm³/mol. The summed E-state index contributed by atoms with van der Waals surface area (Å²) in [6.07, 6.45) is 7.91. The van der Waals surface area contributed by atoms with E-state index in [2.05, 4.69) is 11.9 Å². The maximum Gasteiger partial charge on any atom is 0.0961 e. The Labute approximate surface area is 83.2 Å². The zero-order valence-corrected chi connectivity index (χ0v) is 8.81. The molecule has 3 unspecified atom stereocenters. The molecular weight excluding hydrogens is 178 g/mol. The Kier molecular flexibility index (Phi) is 1.72. The molecule has 2 aliphatic carbocycles. The maximum atomic E-state index is 4.54. The molecule has 0 saturated heterocycles. The molecule has 3 rings (SSSR count). The summed E-state index contributed by atoms with van der Waals surface area (Å²) < 4.78 is 0. The van der Waals surface area contributed by atoms with Crippen molar-refractivity contribution < 1.29 is 0 Å². The number of rotatable bonds is 1. The second kappa shape index (κ2) is 2.81. The molecule has 2 heteroatoms. The average Bonchev–Trinajstić information content (AvgIpc) is 2.77. The number of thiazole rings is 1. The molecule has 0 aromatic carbocycles. The molecule has 0 spiro atoms. The smallest absolute Gasteiger partial charge is 0.0961 e. The Bertz CT molecular complexity index is 318. The molecule has 2 fully saturated rings. The highest BCUT2D eigenvalue weighted by Crippen LogP contribution is 2.53. The largest absolute Gasteiger partial charge is 0.249 e. The average molecular weight is 193 g/mol. The van der Waals surface area contributed by atoms with Gasteiger partial charge in [-0.1, -0.05) is 6.42 Å². The quantitative estimate of drug-likeness (QED) is 0.666. The molecule has 2 bridgehead atoms. The van der Waals surface area contributed by atoms with Crippen LogP contribution in [0.4, 0.5) is 0 Å². The first kappa shape index (κ1) is 7.98. The standard InChI is InChI=1S/C11H15NS/c1-7-6-12-11(13-7)10-5-8-2-3-9(10)4-8/h6,8-10H,2-5H2,1H3. The van der Waals surface area contributed by atoms with E-state index >= 15 is 0 Å². The van der Waals surface area contributed by atoms with Gasteiger partial charge in [-0.2, -0.15) is 0 Å². The number of aryl methyl sites for hydroxylation is 1. The van der Waals surface area contributed by atoms with Crippen molar-refractivity contribution >= 4 is 11.3 Å². The Balaban J connectivity index is 1.87. The van der Waals surface area contributed by atoms with Crippen molar-refractivity contribution in [3.8, 4) is 0 Å². The fraction of sp³-hybridized carbons (Fsp3) is 0.727. The lowest BCUT2D eigenvalue weighted by molar-refractivity contribution is 0.419. The minimum Gasteiger partial charge on any atom is -0.249 e. The van der Waals surface area contributed by atoms with Crippen LogP contribution in [0.3, 0.4) is 0 Å². The van der Waals surface area contributed by atoms with Crippen molar-refractivity contribution in [3.05, 3.63) is 16.1 Å². The summed E-state index contributed by atoms with van der Waals surface area (Å²) in [5, 5.41) is 1.42. The monoisotopic (exact) mass is 193 g/mol. The Morgan fingerprint density at radius 1 is 1.38 bits per heavy atom. The van der Waals surface area contributed by atoms with Crippen LogP contribution in [0.15, 0.2) is 6.20 Å². The van der Waals surface area contributed by atoms with Gasteiger partial charge in [0.1, 0.15) is 0 Å². The van der Waals surface area contributed by atoms with Gasteiger partial charge in [0.2, 0.25) is 0 Å². The van der Waals surface area contributed by atoms with Crippen LogP contribution in [0, 0.1) is 18.8 Å². The van der Waals surface area contributed by atoms with Gasteiger partial charge >= 0.3 is 0 Å². The first-order chi connectivity index (χ1) is 6.33. The van der Waals surface area contributed by atoms with Gasteiger partial charge in [-0.25, -0.2) is 4.98 Å². The highest BCUT2D eigenvalue weighted by molar-refractivity contribution is 7.11. The zero-order valence-electron chi connectivity index (χ0n) is 7.99. The van der Waals surface area contributed by atoms with Gasteiger partial charge in [0, 0.05) is 17.0 Å². The summed E-state index contributed by atoms with van der Waals surface area (Å²) in [4.78, 5) is 5.91. The van der Waals surface area contributed by atoms with E-state index < -0.39 is 0 Å². The fourth-order valence-electron chi connectivity index (χ4n) is 3.09. The highest BCUT2D eigenvalue weighted by Gasteiger charge is 2.41. The Morgan fingerprint density at radius 3 is 2.85 bits per heavy atom. The topological polar surface area (TPSA) is 12.9 Å². The minimum absolute atomic E-state index is 0.831. The fourth-order valence-corrected chi connectivity index (χ4v) is 4.07. The van der Waals surface area contributed by atoms with Crippen LogP contribution in [0.1, 0.15) is 41.5 Å². The molecule has 1 aromatic heterocycles. The molecule has 1 nitrogen and oxygen atoms in total. The molecule has 0 amide bonds. The van der Waals surface area contributed by atoms with Gasteiger partial charge in [-0.15, -0.1) is 11.3 Å². The second-order valence-electron chi connectivity index (χ2n) is 4.59. The third kappa shape index (κ3) is 1.23. The van der Waals surface area contributed by atoms with Gasteiger partial charge in [0.05, 0.1) is 5.01 Å². The second-order valence-corrected chi connectivity index (χ2v) is 5.86. The molecule has 0 N–H and O–H groups in total. The summed E-state index contributed by atoms with van der Waals surface area (Å²) in [5.41, 5.74) is 0. The summed E-state index contributed by atoms with van der Waals surface area (Å²) in [6, 6.07) is 0. The third-order valence-corrected chi connectivity index (χ3v) is 4.74. The third-order valence-electron chi connectivity index (χ3n) is 3.69. The first-order valence-electron chi connectivity index (χ1n) is 5.25. The molecule has 13 heavy (non-hydrogen) atoms. The normalized spacial score (nSPS) is 37.2. The van der Waals surface area contributed by atoms with E-state index in [0.29, 0.717) is 0 Å². The van der Waals surface area contributed by atoms with E-state index in [-0.39, 0.29) is 0 Å². The number of fused-ring (bicyclic) bond motifs is 2. The van der Waals surface area contributed by atoms with Crippen LogP contribution >= 0.6 is 11.3 Å². The molecule has 3 atom stereocenters. The van der Waals surface area contributed by atoms with E-state index in [1.165, 1.54) is 35.6 Å². The van der Waals surface area contributed by atoms with Crippen molar-refractivity contribution in [2.24, 2.45) is 11.8 Å². The summed E-state index contributed by atoms with van der Waals surface area (Å²) in [7, 11) is 0. The number of hydrogen-bond donors (Lipinski definition) is 0.